The van der Waals surface area contributed by atoms with Gasteiger partial charge in [-0.1, -0.05) is 0 Å². The molecule has 1 aliphatic heterocycles. The zero-order valence-electron chi connectivity index (χ0n) is 16.5. The number of amides is 1. The van der Waals surface area contributed by atoms with Crippen LogP contribution in [0.4, 0.5) is 13.2 Å². The number of carbonyl (C=O) groups is 1. The van der Waals surface area contributed by atoms with Crippen LogP contribution in [0, 0.1) is 0 Å². The van der Waals surface area contributed by atoms with Gasteiger partial charge in [-0.3, -0.25) is 10.0 Å². The highest BCUT2D eigenvalue weighted by Crippen LogP contribution is 2.37. The molecule has 0 unspecified atom stereocenters. The number of piperidine rings is 1. The van der Waals surface area contributed by atoms with Gasteiger partial charge in [0.25, 0.3) is 5.91 Å². The van der Waals surface area contributed by atoms with Crippen molar-refractivity contribution in [1.82, 2.24) is 10.4 Å². The lowest BCUT2D eigenvalue weighted by atomic mass is 9.95. The Labute approximate surface area is 177 Å². The van der Waals surface area contributed by atoms with Crippen LogP contribution < -0.4 is 10.2 Å². The van der Waals surface area contributed by atoms with Crippen LogP contribution in [-0.4, -0.2) is 49.3 Å². The number of hydroxylamine groups is 1. The smallest absolute Gasteiger partial charge is 0.416 e. The molecule has 0 aromatic heterocycles. The number of nitrogens with zero attached hydrogens (tertiary/aromatic N) is 1. The maximum atomic E-state index is 13.3. The van der Waals surface area contributed by atoms with Gasteiger partial charge in [0.05, 0.1) is 10.5 Å². The molecule has 2 N–H and O–H groups in total. The Morgan fingerprint density at radius 1 is 1.03 bits per heavy atom. The molecule has 2 aromatic rings. The van der Waals surface area contributed by atoms with E-state index in [9.17, 15) is 26.4 Å². The Morgan fingerprint density at radius 2 is 1.52 bits per heavy atom. The van der Waals surface area contributed by atoms with Gasteiger partial charge in [0.1, 0.15) is 11.5 Å². The lowest BCUT2D eigenvalue weighted by Crippen LogP contribution is -2.57. The molecule has 7 nitrogen and oxygen atoms in total. The fraction of sp³-hybridized carbons (Fsp3) is 0.350. The summed E-state index contributed by atoms with van der Waals surface area (Å²) in [6, 6.07) is 9.31. The molecule has 0 radical (unpaired) electrons. The average molecular weight is 458 g/mol. The van der Waals surface area contributed by atoms with Crippen molar-refractivity contribution in [2.45, 2.75) is 28.7 Å². The van der Waals surface area contributed by atoms with E-state index in [1.165, 1.54) is 29.7 Å². The van der Waals surface area contributed by atoms with Crippen LogP contribution in [0.15, 0.2) is 53.4 Å². The van der Waals surface area contributed by atoms with Crippen LogP contribution in [0.1, 0.15) is 18.4 Å². The van der Waals surface area contributed by atoms with Crippen LogP contribution in [0.3, 0.4) is 0 Å². The predicted octanol–water partition coefficient (Wildman–Crippen LogP) is 3.24. The molecule has 1 saturated heterocycles. The van der Waals surface area contributed by atoms with Crippen molar-refractivity contribution in [3.05, 3.63) is 54.1 Å². The SMILES string of the molecule is CN1CCC(C(=O)NO)(S(=O)(=O)c2ccc(Oc3ccc(C(F)(F)F)cc3)cc2)CC1. The lowest BCUT2D eigenvalue weighted by molar-refractivity contribution is -0.137. The molecule has 0 atom stereocenters. The molecule has 0 aliphatic carbocycles. The molecule has 11 heteroatoms. The third-order valence-electron chi connectivity index (χ3n) is 5.38. The number of nitrogens with one attached hydrogen (secondary N) is 1. The van der Waals surface area contributed by atoms with Gasteiger partial charge in [-0.05, 0) is 81.5 Å². The molecule has 3 rings (SSSR count). The molecule has 0 spiro atoms. The van der Waals surface area contributed by atoms with E-state index in [-0.39, 0.29) is 29.2 Å². The van der Waals surface area contributed by atoms with Crippen LogP contribution >= 0.6 is 0 Å². The zero-order chi connectivity index (χ0) is 22.9. The number of halogens is 3. The number of benzene rings is 2. The Morgan fingerprint density at radius 3 is 1.97 bits per heavy atom. The van der Waals surface area contributed by atoms with Gasteiger partial charge in [0, 0.05) is 0 Å². The second-order valence-electron chi connectivity index (χ2n) is 7.34. The Kier molecular flexibility index (Phi) is 6.30. The summed E-state index contributed by atoms with van der Waals surface area (Å²) in [5.41, 5.74) is 0.671. The normalized spacial score (nSPS) is 17.2. The van der Waals surface area contributed by atoms with Crippen LogP contribution in [0.5, 0.6) is 11.5 Å². The number of carbonyl (C=O) groups excluding carboxylic acids is 1. The van der Waals surface area contributed by atoms with E-state index < -0.39 is 32.2 Å². The van der Waals surface area contributed by atoms with Gasteiger partial charge < -0.3 is 9.64 Å². The third kappa shape index (κ3) is 4.53. The first kappa shape index (κ1) is 23.0. The van der Waals surface area contributed by atoms with Gasteiger partial charge in [-0.15, -0.1) is 0 Å². The summed E-state index contributed by atoms with van der Waals surface area (Å²) in [6.45, 7) is 0.726. The summed E-state index contributed by atoms with van der Waals surface area (Å²) >= 11 is 0. The third-order valence-corrected chi connectivity index (χ3v) is 7.89. The maximum Gasteiger partial charge on any atom is 0.416 e. The van der Waals surface area contributed by atoms with Crippen molar-refractivity contribution in [1.29, 1.82) is 0 Å². The molecule has 168 valence electrons. The predicted molar refractivity (Wildman–Crippen MR) is 105 cm³/mol. The summed E-state index contributed by atoms with van der Waals surface area (Å²) in [4.78, 5) is 14.1. The quantitative estimate of drug-likeness (QED) is 0.528. The molecule has 1 amide bonds. The van der Waals surface area contributed by atoms with Crippen molar-refractivity contribution >= 4 is 15.7 Å². The first-order valence-electron chi connectivity index (χ1n) is 9.32. The second kappa shape index (κ2) is 8.48. The molecule has 1 heterocycles. The number of alkyl halides is 3. The van der Waals surface area contributed by atoms with Crippen molar-refractivity contribution in [2.75, 3.05) is 20.1 Å². The minimum Gasteiger partial charge on any atom is -0.457 e. The number of sulfone groups is 1. The fourth-order valence-electron chi connectivity index (χ4n) is 3.46. The molecule has 1 aliphatic rings. The minimum absolute atomic E-state index is 0.0159. The topological polar surface area (TPSA) is 95.9 Å². The Balaban J connectivity index is 1.83. The molecule has 31 heavy (non-hydrogen) atoms. The van der Waals surface area contributed by atoms with Gasteiger partial charge in [0.15, 0.2) is 14.6 Å². The first-order valence-corrected chi connectivity index (χ1v) is 10.8. The highest BCUT2D eigenvalue weighted by molar-refractivity contribution is 7.93. The number of hydrogen-bond donors (Lipinski definition) is 2. The highest BCUT2D eigenvalue weighted by atomic mass is 32.2. The van der Waals surface area contributed by atoms with Crippen molar-refractivity contribution in [3.8, 4) is 11.5 Å². The zero-order valence-corrected chi connectivity index (χ0v) is 17.3. The second-order valence-corrected chi connectivity index (χ2v) is 9.60. The van der Waals surface area contributed by atoms with Gasteiger partial charge in [-0.2, -0.15) is 13.2 Å². The lowest BCUT2D eigenvalue weighted by Gasteiger charge is -2.38. The van der Waals surface area contributed by atoms with Crippen molar-refractivity contribution < 1.29 is 36.3 Å². The van der Waals surface area contributed by atoms with Gasteiger partial charge in [-0.25, -0.2) is 13.9 Å². The molecule has 0 saturated carbocycles. The minimum atomic E-state index is -4.46. The van der Waals surface area contributed by atoms with Crippen LogP contribution in [0.25, 0.3) is 0 Å². The Bertz CT molecular complexity index is 1030. The van der Waals surface area contributed by atoms with E-state index in [1.54, 1.807) is 7.05 Å². The first-order chi connectivity index (χ1) is 14.5. The highest BCUT2D eigenvalue weighted by Gasteiger charge is 2.52. The van der Waals surface area contributed by atoms with E-state index in [0.717, 1.165) is 24.3 Å². The number of rotatable bonds is 5. The fourth-order valence-corrected chi connectivity index (χ4v) is 5.42. The molecular formula is C20H21F3N2O5S. The average Bonchev–Trinajstić information content (AvgIpc) is 2.74. The van der Waals surface area contributed by atoms with Gasteiger partial charge >= 0.3 is 6.18 Å². The summed E-state index contributed by atoms with van der Waals surface area (Å²) in [7, 11) is -2.34. The van der Waals surface area contributed by atoms with Crippen molar-refractivity contribution in [2.24, 2.45) is 0 Å². The number of hydrogen-bond acceptors (Lipinski definition) is 6. The largest absolute Gasteiger partial charge is 0.457 e. The van der Waals surface area contributed by atoms with Crippen LogP contribution in [-0.2, 0) is 20.8 Å². The Hall–Kier alpha value is -2.63. The van der Waals surface area contributed by atoms with Gasteiger partial charge in [0.2, 0.25) is 0 Å². The summed E-state index contributed by atoms with van der Waals surface area (Å²) < 4.78 is 68.2. The van der Waals surface area contributed by atoms with E-state index in [0.29, 0.717) is 13.1 Å². The van der Waals surface area contributed by atoms with E-state index in [4.69, 9.17) is 9.94 Å². The molecular weight excluding hydrogens is 437 g/mol. The standard InChI is InChI=1S/C20H21F3N2O5S/c1-25-12-10-19(11-13-25,18(26)24-27)31(28,29)17-8-6-16(7-9-17)30-15-4-2-14(3-5-15)20(21,22)23/h2-9,27H,10-13H2,1H3,(H,24,26). The van der Waals surface area contributed by atoms with E-state index in [1.807, 2.05) is 4.90 Å². The monoisotopic (exact) mass is 458 g/mol. The molecule has 0 bridgehead atoms. The summed E-state index contributed by atoms with van der Waals surface area (Å²) in [6.07, 6.45) is -4.43. The van der Waals surface area contributed by atoms with E-state index in [2.05, 4.69) is 0 Å². The van der Waals surface area contributed by atoms with E-state index >= 15 is 0 Å². The maximum absolute atomic E-state index is 13.3. The molecule has 2 aromatic carbocycles. The number of likely N-dealkylation sites (tertiary alicyclic amines) is 1. The summed E-state index contributed by atoms with van der Waals surface area (Å²) in [5, 5.41) is 9.14. The number of ether oxygens (including phenoxy) is 1. The van der Waals surface area contributed by atoms with Crippen molar-refractivity contribution in [3.63, 3.8) is 0 Å². The van der Waals surface area contributed by atoms with Crippen LogP contribution in [0.2, 0.25) is 0 Å². The summed E-state index contributed by atoms with van der Waals surface area (Å²) in [5.74, 6) is -0.622. The molecule has 1 fully saturated rings.